The summed E-state index contributed by atoms with van der Waals surface area (Å²) in [6, 6.07) is 4.54. The third-order valence-corrected chi connectivity index (χ3v) is 3.89. The van der Waals surface area contributed by atoms with E-state index in [-0.39, 0.29) is 17.8 Å². The molecule has 18 heavy (non-hydrogen) atoms. The predicted molar refractivity (Wildman–Crippen MR) is 73.2 cm³/mol. The van der Waals surface area contributed by atoms with Gasteiger partial charge in [-0.05, 0) is 31.0 Å². The first-order valence-corrected chi connectivity index (χ1v) is 6.70. The van der Waals surface area contributed by atoms with Gasteiger partial charge in [-0.15, -0.1) is 0 Å². The first-order valence-electron chi connectivity index (χ1n) is 6.32. The number of aliphatic hydroxyl groups excluding tert-OH is 1. The number of benzene rings is 1. The summed E-state index contributed by atoms with van der Waals surface area (Å²) in [6.45, 7) is 5.35. The SMILES string of the molecule is CCC(CC)(CO)CNCc1cc(Cl)ccc1F. The first kappa shape index (κ1) is 15.4. The third-order valence-electron chi connectivity index (χ3n) is 3.66. The Morgan fingerprint density at radius 1 is 1.33 bits per heavy atom. The van der Waals surface area contributed by atoms with Crippen LogP contribution in [0.3, 0.4) is 0 Å². The van der Waals surface area contributed by atoms with Crippen LogP contribution in [0.4, 0.5) is 4.39 Å². The van der Waals surface area contributed by atoms with Crippen molar-refractivity contribution in [1.82, 2.24) is 5.32 Å². The average Bonchev–Trinajstić information content (AvgIpc) is 2.39. The standard InChI is InChI=1S/C14H21ClFNO/c1-3-14(4-2,10-18)9-17-8-11-7-12(15)5-6-13(11)16/h5-7,17-18H,3-4,8-10H2,1-2H3. The number of rotatable bonds is 7. The Morgan fingerprint density at radius 2 is 2.00 bits per heavy atom. The summed E-state index contributed by atoms with van der Waals surface area (Å²) in [4.78, 5) is 0. The summed E-state index contributed by atoms with van der Waals surface area (Å²) in [6.07, 6.45) is 1.79. The predicted octanol–water partition coefficient (Wildman–Crippen LogP) is 3.37. The van der Waals surface area contributed by atoms with Crippen molar-refractivity contribution in [1.29, 1.82) is 0 Å². The average molecular weight is 274 g/mol. The molecule has 1 aromatic rings. The Balaban J connectivity index is 2.57. The lowest BCUT2D eigenvalue weighted by molar-refractivity contribution is 0.113. The van der Waals surface area contributed by atoms with E-state index in [0.29, 0.717) is 23.7 Å². The third kappa shape index (κ3) is 3.94. The first-order chi connectivity index (χ1) is 8.56. The summed E-state index contributed by atoms with van der Waals surface area (Å²) in [5.41, 5.74) is 0.441. The molecule has 4 heteroatoms. The van der Waals surface area contributed by atoms with Crippen LogP contribution in [0.5, 0.6) is 0 Å². The van der Waals surface area contributed by atoms with Gasteiger partial charge in [0.2, 0.25) is 0 Å². The van der Waals surface area contributed by atoms with E-state index in [1.54, 1.807) is 6.07 Å². The van der Waals surface area contributed by atoms with Crippen molar-refractivity contribution in [3.63, 3.8) is 0 Å². The minimum Gasteiger partial charge on any atom is -0.396 e. The summed E-state index contributed by atoms with van der Waals surface area (Å²) in [7, 11) is 0. The van der Waals surface area contributed by atoms with Crippen molar-refractivity contribution >= 4 is 11.6 Å². The zero-order valence-electron chi connectivity index (χ0n) is 11.0. The second kappa shape index (κ2) is 7.07. The maximum Gasteiger partial charge on any atom is 0.127 e. The van der Waals surface area contributed by atoms with Crippen molar-refractivity contribution in [2.45, 2.75) is 33.2 Å². The molecular weight excluding hydrogens is 253 g/mol. The van der Waals surface area contributed by atoms with Crippen LogP contribution in [-0.2, 0) is 6.54 Å². The van der Waals surface area contributed by atoms with Crippen LogP contribution in [0.1, 0.15) is 32.3 Å². The molecule has 0 aliphatic heterocycles. The monoisotopic (exact) mass is 273 g/mol. The van der Waals surface area contributed by atoms with Gasteiger partial charge in [-0.2, -0.15) is 0 Å². The number of nitrogens with one attached hydrogen (secondary N) is 1. The molecule has 0 saturated carbocycles. The Morgan fingerprint density at radius 3 is 2.56 bits per heavy atom. The molecule has 0 radical (unpaired) electrons. The number of halogens is 2. The van der Waals surface area contributed by atoms with Gasteiger partial charge in [0.15, 0.2) is 0 Å². The van der Waals surface area contributed by atoms with Crippen molar-refractivity contribution < 1.29 is 9.50 Å². The maximum atomic E-state index is 13.5. The van der Waals surface area contributed by atoms with Gasteiger partial charge >= 0.3 is 0 Å². The molecular formula is C14H21ClFNO. The molecule has 0 aliphatic carbocycles. The Bertz CT molecular complexity index is 372. The van der Waals surface area contributed by atoms with Crippen molar-refractivity contribution in [2.24, 2.45) is 5.41 Å². The van der Waals surface area contributed by atoms with E-state index in [0.717, 1.165) is 12.8 Å². The highest BCUT2D eigenvalue weighted by Gasteiger charge is 2.24. The van der Waals surface area contributed by atoms with Crippen molar-refractivity contribution in [3.8, 4) is 0 Å². The highest BCUT2D eigenvalue weighted by molar-refractivity contribution is 6.30. The van der Waals surface area contributed by atoms with Gasteiger partial charge in [-0.3, -0.25) is 0 Å². The van der Waals surface area contributed by atoms with Crippen LogP contribution in [0.15, 0.2) is 18.2 Å². The molecule has 0 bridgehead atoms. The van der Waals surface area contributed by atoms with Crippen LogP contribution >= 0.6 is 11.6 Å². The molecule has 0 heterocycles. The van der Waals surface area contributed by atoms with E-state index in [2.05, 4.69) is 19.2 Å². The zero-order chi connectivity index (χ0) is 13.6. The molecule has 102 valence electrons. The minimum atomic E-state index is -0.255. The molecule has 0 spiro atoms. The molecule has 2 nitrogen and oxygen atoms in total. The molecule has 1 aromatic carbocycles. The van der Waals surface area contributed by atoms with E-state index in [9.17, 15) is 9.50 Å². The van der Waals surface area contributed by atoms with Gasteiger partial charge in [0, 0.05) is 35.7 Å². The van der Waals surface area contributed by atoms with Gasteiger partial charge in [0.1, 0.15) is 5.82 Å². The summed E-state index contributed by atoms with van der Waals surface area (Å²) in [5, 5.41) is 13.2. The van der Waals surface area contributed by atoms with E-state index >= 15 is 0 Å². The maximum absolute atomic E-state index is 13.5. The van der Waals surface area contributed by atoms with Crippen LogP contribution in [0, 0.1) is 11.2 Å². The van der Waals surface area contributed by atoms with Crippen LogP contribution < -0.4 is 5.32 Å². The molecule has 1 rings (SSSR count). The molecule has 0 saturated heterocycles. The topological polar surface area (TPSA) is 32.3 Å². The van der Waals surface area contributed by atoms with Crippen LogP contribution in [0.25, 0.3) is 0 Å². The highest BCUT2D eigenvalue weighted by atomic mass is 35.5. The molecule has 0 aliphatic rings. The van der Waals surface area contributed by atoms with E-state index in [4.69, 9.17) is 11.6 Å². The number of hydrogen-bond acceptors (Lipinski definition) is 2. The smallest absolute Gasteiger partial charge is 0.127 e. The molecule has 0 atom stereocenters. The zero-order valence-corrected chi connectivity index (χ0v) is 11.7. The lowest BCUT2D eigenvalue weighted by Crippen LogP contribution is -2.36. The van der Waals surface area contributed by atoms with Gasteiger partial charge < -0.3 is 10.4 Å². The normalized spacial score (nSPS) is 11.8. The van der Waals surface area contributed by atoms with Crippen LogP contribution in [-0.4, -0.2) is 18.3 Å². The van der Waals surface area contributed by atoms with E-state index < -0.39 is 0 Å². The fraction of sp³-hybridized carbons (Fsp3) is 0.571. The van der Waals surface area contributed by atoms with E-state index in [1.807, 2.05) is 0 Å². The van der Waals surface area contributed by atoms with E-state index in [1.165, 1.54) is 12.1 Å². The Kier molecular flexibility index (Phi) is 6.06. The molecule has 0 unspecified atom stereocenters. The number of hydrogen-bond donors (Lipinski definition) is 2. The molecule has 2 N–H and O–H groups in total. The lowest BCUT2D eigenvalue weighted by Gasteiger charge is -2.29. The highest BCUT2D eigenvalue weighted by Crippen LogP contribution is 2.24. The lowest BCUT2D eigenvalue weighted by atomic mass is 9.83. The summed E-state index contributed by atoms with van der Waals surface area (Å²) < 4.78 is 13.5. The van der Waals surface area contributed by atoms with Gasteiger partial charge in [0.05, 0.1) is 0 Å². The summed E-state index contributed by atoms with van der Waals surface area (Å²) >= 11 is 5.83. The summed E-state index contributed by atoms with van der Waals surface area (Å²) in [5.74, 6) is -0.255. The molecule has 0 fully saturated rings. The van der Waals surface area contributed by atoms with Gasteiger partial charge in [-0.1, -0.05) is 25.4 Å². The van der Waals surface area contributed by atoms with Gasteiger partial charge in [-0.25, -0.2) is 4.39 Å². The van der Waals surface area contributed by atoms with Crippen molar-refractivity contribution in [2.75, 3.05) is 13.2 Å². The number of aliphatic hydroxyl groups is 1. The van der Waals surface area contributed by atoms with Gasteiger partial charge in [0.25, 0.3) is 0 Å². The van der Waals surface area contributed by atoms with Crippen molar-refractivity contribution in [3.05, 3.63) is 34.6 Å². The fourth-order valence-corrected chi connectivity index (χ4v) is 2.12. The fourth-order valence-electron chi connectivity index (χ4n) is 1.92. The molecule has 0 amide bonds. The largest absolute Gasteiger partial charge is 0.396 e. The molecule has 0 aromatic heterocycles. The second-order valence-corrected chi connectivity index (χ2v) is 5.14. The minimum absolute atomic E-state index is 0.116. The van der Waals surface area contributed by atoms with Crippen LogP contribution in [0.2, 0.25) is 5.02 Å². The Hall–Kier alpha value is -0.640. The quantitative estimate of drug-likeness (QED) is 0.798. The Labute approximate surface area is 113 Å². The second-order valence-electron chi connectivity index (χ2n) is 4.70.